The lowest BCUT2D eigenvalue weighted by Crippen LogP contribution is -2.30. The third kappa shape index (κ3) is 3.71. The van der Waals surface area contributed by atoms with Crippen LogP contribution >= 0.6 is 0 Å². The SMILES string of the molecule is CC(C)C(CO)Nc1ccccc1S(C)(=O)=O. The molecule has 1 unspecified atom stereocenters. The molecule has 4 nitrogen and oxygen atoms in total. The van der Waals surface area contributed by atoms with Crippen LogP contribution in [0.4, 0.5) is 5.69 Å². The van der Waals surface area contributed by atoms with Gasteiger partial charge in [-0.25, -0.2) is 8.42 Å². The van der Waals surface area contributed by atoms with Crippen LogP contribution in [-0.4, -0.2) is 32.4 Å². The maximum absolute atomic E-state index is 11.6. The molecule has 0 amide bonds. The molecule has 1 aromatic carbocycles. The molecule has 1 rings (SSSR count). The third-order valence-corrected chi connectivity index (χ3v) is 3.78. The zero-order chi connectivity index (χ0) is 13.1. The molecule has 1 atom stereocenters. The molecule has 17 heavy (non-hydrogen) atoms. The van der Waals surface area contributed by atoms with E-state index in [0.717, 1.165) is 0 Å². The van der Waals surface area contributed by atoms with E-state index in [-0.39, 0.29) is 23.5 Å². The summed E-state index contributed by atoms with van der Waals surface area (Å²) in [5.41, 5.74) is 0.544. The molecule has 0 aliphatic carbocycles. The summed E-state index contributed by atoms with van der Waals surface area (Å²) in [5.74, 6) is 0.215. The Morgan fingerprint density at radius 3 is 2.35 bits per heavy atom. The number of hydrogen-bond acceptors (Lipinski definition) is 4. The smallest absolute Gasteiger partial charge is 0.177 e. The summed E-state index contributed by atoms with van der Waals surface area (Å²) in [4.78, 5) is 0.263. The van der Waals surface area contributed by atoms with Gasteiger partial charge in [-0.15, -0.1) is 0 Å². The fraction of sp³-hybridized carbons (Fsp3) is 0.500. The Hall–Kier alpha value is -1.07. The molecular weight excluding hydrogens is 238 g/mol. The van der Waals surface area contributed by atoms with Gasteiger partial charge in [0.05, 0.1) is 23.2 Å². The fourth-order valence-corrected chi connectivity index (χ4v) is 2.38. The first-order valence-corrected chi connectivity index (χ1v) is 7.42. The predicted molar refractivity (Wildman–Crippen MR) is 68.9 cm³/mol. The summed E-state index contributed by atoms with van der Waals surface area (Å²) < 4.78 is 23.2. The Morgan fingerprint density at radius 1 is 1.29 bits per heavy atom. The molecule has 0 radical (unpaired) electrons. The van der Waals surface area contributed by atoms with Gasteiger partial charge in [-0.1, -0.05) is 26.0 Å². The molecule has 0 saturated carbocycles. The van der Waals surface area contributed by atoms with Crippen LogP contribution in [0.1, 0.15) is 13.8 Å². The van der Waals surface area contributed by atoms with E-state index in [9.17, 15) is 13.5 Å². The van der Waals surface area contributed by atoms with E-state index < -0.39 is 9.84 Å². The molecule has 0 saturated heterocycles. The Labute approximate surface area is 103 Å². The van der Waals surface area contributed by atoms with E-state index >= 15 is 0 Å². The highest BCUT2D eigenvalue weighted by Crippen LogP contribution is 2.22. The highest BCUT2D eigenvalue weighted by molar-refractivity contribution is 7.90. The number of anilines is 1. The average Bonchev–Trinajstić information content (AvgIpc) is 2.24. The second kappa shape index (κ2) is 5.51. The van der Waals surface area contributed by atoms with Gasteiger partial charge in [-0.3, -0.25) is 0 Å². The summed E-state index contributed by atoms with van der Waals surface area (Å²) in [6.45, 7) is 3.91. The molecule has 0 bridgehead atoms. The van der Waals surface area contributed by atoms with Crippen LogP contribution in [0, 0.1) is 5.92 Å². The second-order valence-corrected chi connectivity index (χ2v) is 6.43. The zero-order valence-electron chi connectivity index (χ0n) is 10.3. The summed E-state index contributed by atoms with van der Waals surface area (Å²) in [5, 5.41) is 12.3. The monoisotopic (exact) mass is 257 g/mol. The first-order valence-electron chi connectivity index (χ1n) is 5.52. The molecule has 1 aromatic rings. The number of hydrogen-bond donors (Lipinski definition) is 2. The highest BCUT2D eigenvalue weighted by Gasteiger charge is 2.17. The lowest BCUT2D eigenvalue weighted by atomic mass is 10.1. The summed E-state index contributed by atoms with van der Waals surface area (Å²) in [6.07, 6.45) is 1.18. The molecule has 0 heterocycles. The van der Waals surface area contributed by atoms with Gasteiger partial charge in [0.1, 0.15) is 0 Å². The van der Waals surface area contributed by atoms with Gasteiger partial charge in [0.15, 0.2) is 9.84 Å². The number of para-hydroxylation sites is 1. The molecule has 96 valence electrons. The quantitative estimate of drug-likeness (QED) is 0.839. The molecule has 0 aliphatic rings. The van der Waals surface area contributed by atoms with Gasteiger partial charge in [0, 0.05) is 6.26 Å². The molecule has 2 N–H and O–H groups in total. The van der Waals surface area contributed by atoms with Crippen molar-refractivity contribution in [3.8, 4) is 0 Å². The summed E-state index contributed by atoms with van der Waals surface area (Å²) in [6, 6.07) is 6.57. The largest absolute Gasteiger partial charge is 0.394 e. The number of sulfone groups is 1. The van der Waals surface area contributed by atoms with Crippen molar-refractivity contribution in [2.24, 2.45) is 5.92 Å². The van der Waals surface area contributed by atoms with Gasteiger partial charge in [0.2, 0.25) is 0 Å². The molecule has 0 spiro atoms. The average molecular weight is 257 g/mol. The van der Waals surface area contributed by atoms with Gasteiger partial charge < -0.3 is 10.4 Å². The minimum Gasteiger partial charge on any atom is -0.394 e. The number of benzene rings is 1. The van der Waals surface area contributed by atoms with Gasteiger partial charge in [0.25, 0.3) is 0 Å². The van der Waals surface area contributed by atoms with Crippen molar-refractivity contribution in [3.05, 3.63) is 24.3 Å². The van der Waals surface area contributed by atoms with Crippen LogP contribution in [0.25, 0.3) is 0 Å². The van der Waals surface area contributed by atoms with Gasteiger partial charge in [-0.2, -0.15) is 0 Å². The first-order chi connectivity index (χ1) is 7.86. The van der Waals surface area contributed by atoms with Gasteiger partial charge >= 0.3 is 0 Å². The van der Waals surface area contributed by atoms with Crippen molar-refractivity contribution in [1.29, 1.82) is 0 Å². The van der Waals surface area contributed by atoms with Crippen LogP contribution in [-0.2, 0) is 9.84 Å². The number of rotatable bonds is 5. The van der Waals surface area contributed by atoms with E-state index in [4.69, 9.17) is 0 Å². The lowest BCUT2D eigenvalue weighted by Gasteiger charge is -2.22. The Balaban J connectivity index is 3.07. The highest BCUT2D eigenvalue weighted by atomic mass is 32.2. The van der Waals surface area contributed by atoms with Crippen LogP contribution in [0.5, 0.6) is 0 Å². The number of aliphatic hydroxyl groups is 1. The van der Waals surface area contributed by atoms with E-state index in [1.54, 1.807) is 24.3 Å². The minimum absolute atomic E-state index is 0.0320. The van der Waals surface area contributed by atoms with Gasteiger partial charge in [-0.05, 0) is 18.1 Å². The van der Waals surface area contributed by atoms with E-state index in [2.05, 4.69) is 5.32 Å². The predicted octanol–water partition coefficient (Wildman–Crippen LogP) is 1.52. The third-order valence-electron chi connectivity index (χ3n) is 2.63. The number of nitrogens with one attached hydrogen (secondary N) is 1. The molecular formula is C12H19NO3S. The lowest BCUT2D eigenvalue weighted by molar-refractivity contribution is 0.249. The maximum Gasteiger partial charge on any atom is 0.177 e. The van der Waals surface area contributed by atoms with E-state index in [1.165, 1.54) is 6.26 Å². The molecule has 0 fully saturated rings. The van der Waals surface area contributed by atoms with Crippen LogP contribution in [0.3, 0.4) is 0 Å². The maximum atomic E-state index is 11.6. The molecule has 0 aliphatic heterocycles. The fourth-order valence-electron chi connectivity index (χ4n) is 1.53. The normalized spacial score (nSPS) is 13.7. The van der Waals surface area contributed by atoms with E-state index in [1.807, 2.05) is 13.8 Å². The van der Waals surface area contributed by atoms with Crippen molar-refractivity contribution < 1.29 is 13.5 Å². The topological polar surface area (TPSA) is 66.4 Å². The van der Waals surface area contributed by atoms with Crippen molar-refractivity contribution in [3.63, 3.8) is 0 Å². The van der Waals surface area contributed by atoms with Crippen molar-refractivity contribution in [1.82, 2.24) is 0 Å². The second-order valence-electron chi connectivity index (χ2n) is 4.45. The Bertz CT molecular complexity index is 468. The number of aliphatic hydroxyl groups excluding tert-OH is 1. The zero-order valence-corrected chi connectivity index (χ0v) is 11.2. The first kappa shape index (κ1) is 14.0. The van der Waals surface area contributed by atoms with Crippen LogP contribution < -0.4 is 5.32 Å². The van der Waals surface area contributed by atoms with Crippen LogP contribution in [0.2, 0.25) is 0 Å². The minimum atomic E-state index is -3.26. The van der Waals surface area contributed by atoms with Crippen molar-refractivity contribution in [2.45, 2.75) is 24.8 Å². The van der Waals surface area contributed by atoms with E-state index in [0.29, 0.717) is 5.69 Å². The molecule has 5 heteroatoms. The summed E-state index contributed by atoms with van der Waals surface area (Å²) in [7, 11) is -3.26. The Morgan fingerprint density at radius 2 is 1.88 bits per heavy atom. The van der Waals surface area contributed by atoms with Crippen LogP contribution in [0.15, 0.2) is 29.2 Å². The van der Waals surface area contributed by atoms with Crippen molar-refractivity contribution >= 4 is 15.5 Å². The van der Waals surface area contributed by atoms with Crippen molar-refractivity contribution in [2.75, 3.05) is 18.2 Å². The summed E-state index contributed by atoms with van der Waals surface area (Å²) >= 11 is 0. The standard InChI is InChI=1S/C12H19NO3S/c1-9(2)11(8-14)13-10-6-4-5-7-12(10)17(3,15)16/h4-7,9,11,13-14H,8H2,1-3H3. The molecule has 0 aromatic heterocycles. The Kier molecular flexibility index (Phi) is 4.54.